The molecule has 0 spiro atoms. The van der Waals surface area contributed by atoms with Crippen molar-refractivity contribution >= 4 is 33.6 Å². The van der Waals surface area contributed by atoms with Gasteiger partial charge in [0.2, 0.25) is 5.91 Å². The van der Waals surface area contributed by atoms with Gasteiger partial charge in [-0.05, 0) is 44.4 Å². The van der Waals surface area contributed by atoms with Crippen LogP contribution in [-0.2, 0) is 4.79 Å². The molecule has 19 heavy (non-hydrogen) atoms. The van der Waals surface area contributed by atoms with Crippen LogP contribution in [0.3, 0.4) is 0 Å². The molecule has 1 aromatic carbocycles. The van der Waals surface area contributed by atoms with Crippen molar-refractivity contribution in [2.75, 3.05) is 5.75 Å². The number of nitrogens with two attached hydrogens (primary N) is 1. The van der Waals surface area contributed by atoms with Crippen molar-refractivity contribution < 1.29 is 4.79 Å². The monoisotopic (exact) mass is 342 g/mol. The van der Waals surface area contributed by atoms with Gasteiger partial charge < -0.3 is 11.1 Å². The summed E-state index contributed by atoms with van der Waals surface area (Å²) in [5.41, 5.74) is 4.95. The Hall–Kier alpha value is -0.520. The number of amides is 1. The molecule has 1 saturated carbocycles. The molecular formula is C14H19BrN2OS. The standard InChI is InChI=1S/C14H19BrN2OS/c1-14(13(16)18,17-11-5-6-11)7-8-19-12-4-2-3-10(15)9-12/h2-4,9,11,17H,5-8H2,1H3,(H2,16,18). The number of nitrogens with one attached hydrogen (secondary N) is 1. The van der Waals surface area contributed by atoms with Crippen LogP contribution in [0.15, 0.2) is 33.6 Å². The molecule has 0 radical (unpaired) electrons. The normalized spacial score (nSPS) is 18.0. The topological polar surface area (TPSA) is 55.1 Å². The number of halogens is 1. The Morgan fingerprint density at radius 2 is 2.32 bits per heavy atom. The van der Waals surface area contributed by atoms with Crippen LogP contribution >= 0.6 is 27.7 Å². The van der Waals surface area contributed by atoms with E-state index in [-0.39, 0.29) is 5.91 Å². The second kappa shape index (κ2) is 6.29. The summed E-state index contributed by atoms with van der Waals surface area (Å²) >= 11 is 5.21. The molecule has 1 unspecified atom stereocenters. The molecule has 1 atom stereocenters. The van der Waals surface area contributed by atoms with E-state index in [0.717, 1.165) is 29.5 Å². The Kier molecular flexibility index (Phi) is 4.92. The first kappa shape index (κ1) is 14.9. The third kappa shape index (κ3) is 4.51. The van der Waals surface area contributed by atoms with Crippen LogP contribution in [0.4, 0.5) is 0 Å². The minimum atomic E-state index is -0.583. The summed E-state index contributed by atoms with van der Waals surface area (Å²) in [5, 5.41) is 3.37. The summed E-state index contributed by atoms with van der Waals surface area (Å²) in [4.78, 5) is 12.8. The van der Waals surface area contributed by atoms with Gasteiger partial charge in [-0.25, -0.2) is 0 Å². The molecule has 0 aromatic heterocycles. The van der Waals surface area contributed by atoms with E-state index in [4.69, 9.17) is 5.73 Å². The molecule has 104 valence electrons. The van der Waals surface area contributed by atoms with E-state index < -0.39 is 5.54 Å². The lowest BCUT2D eigenvalue weighted by Gasteiger charge is -2.27. The molecule has 1 amide bonds. The van der Waals surface area contributed by atoms with Gasteiger partial charge >= 0.3 is 0 Å². The molecule has 5 heteroatoms. The third-order valence-electron chi connectivity index (χ3n) is 3.31. The smallest absolute Gasteiger partial charge is 0.237 e. The average molecular weight is 343 g/mol. The van der Waals surface area contributed by atoms with Crippen molar-refractivity contribution in [2.24, 2.45) is 5.73 Å². The van der Waals surface area contributed by atoms with E-state index in [1.165, 1.54) is 4.90 Å². The van der Waals surface area contributed by atoms with Gasteiger partial charge in [-0.2, -0.15) is 0 Å². The highest BCUT2D eigenvalue weighted by Crippen LogP contribution is 2.27. The van der Waals surface area contributed by atoms with Crippen molar-refractivity contribution in [3.05, 3.63) is 28.7 Å². The third-order valence-corrected chi connectivity index (χ3v) is 4.80. The maximum Gasteiger partial charge on any atom is 0.237 e. The van der Waals surface area contributed by atoms with Crippen LogP contribution in [0.5, 0.6) is 0 Å². The van der Waals surface area contributed by atoms with Crippen LogP contribution in [0, 0.1) is 0 Å². The summed E-state index contributed by atoms with van der Waals surface area (Å²) < 4.78 is 1.08. The number of carbonyl (C=O) groups is 1. The largest absolute Gasteiger partial charge is 0.368 e. The Balaban J connectivity index is 1.86. The predicted octanol–water partition coefficient (Wildman–Crippen LogP) is 2.93. The molecule has 1 aliphatic rings. The number of primary amides is 1. The first-order valence-electron chi connectivity index (χ1n) is 6.45. The highest BCUT2D eigenvalue weighted by atomic mass is 79.9. The van der Waals surface area contributed by atoms with E-state index >= 15 is 0 Å². The van der Waals surface area contributed by atoms with Gasteiger partial charge in [0.05, 0.1) is 5.54 Å². The summed E-state index contributed by atoms with van der Waals surface area (Å²) in [6, 6.07) is 8.66. The zero-order valence-corrected chi connectivity index (χ0v) is 13.4. The molecule has 0 heterocycles. The quantitative estimate of drug-likeness (QED) is 0.749. The predicted molar refractivity (Wildman–Crippen MR) is 83.2 cm³/mol. The molecule has 0 aliphatic heterocycles. The fourth-order valence-electron chi connectivity index (χ4n) is 1.87. The van der Waals surface area contributed by atoms with E-state index in [2.05, 4.69) is 33.4 Å². The Morgan fingerprint density at radius 3 is 2.89 bits per heavy atom. The number of thioether (sulfide) groups is 1. The molecular weight excluding hydrogens is 324 g/mol. The zero-order valence-electron chi connectivity index (χ0n) is 11.0. The fraction of sp³-hybridized carbons (Fsp3) is 0.500. The minimum Gasteiger partial charge on any atom is -0.368 e. The highest BCUT2D eigenvalue weighted by Gasteiger charge is 2.36. The minimum absolute atomic E-state index is 0.255. The van der Waals surface area contributed by atoms with Gasteiger partial charge in [0.15, 0.2) is 0 Å². The van der Waals surface area contributed by atoms with E-state index in [0.29, 0.717) is 6.04 Å². The summed E-state index contributed by atoms with van der Waals surface area (Å²) in [6.45, 7) is 1.91. The maximum atomic E-state index is 11.6. The molecule has 3 nitrogen and oxygen atoms in total. The molecule has 0 bridgehead atoms. The van der Waals surface area contributed by atoms with Crippen LogP contribution < -0.4 is 11.1 Å². The lowest BCUT2D eigenvalue weighted by molar-refractivity contribution is -0.124. The number of hydrogen-bond donors (Lipinski definition) is 2. The van der Waals surface area contributed by atoms with Crippen LogP contribution in [0.1, 0.15) is 26.2 Å². The molecule has 0 saturated heterocycles. The van der Waals surface area contributed by atoms with Gasteiger partial charge in [0, 0.05) is 21.2 Å². The first-order valence-corrected chi connectivity index (χ1v) is 8.23. The second-order valence-electron chi connectivity index (χ2n) is 5.17. The van der Waals surface area contributed by atoms with Crippen molar-refractivity contribution in [1.29, 1.82) is 0 Å². The number of carbonyl (C=O) groups excluding carboxylic acids is 1. The van der Waals surface area contributed by atoms with Crippen molar-refractivity contribution in [3.63, 3.8) is 0 Å². The van der Waals surface area contributed by atoms with Gasteiger partial charge in [-0.15, -0.1) is 11.8 Å². The fourth-order valence-corrected chi connectivity index (χ4v) is 3.56. The summed E-state index contributed by atoms with van der Waals surface area (Å²) in [7, 11) is 0. The van der Waals surface area contributed by atoms with Gasteiger partial charge in [0.1, 0.15) is 0 Å². The molecule has 3 N–H and O–H groups in total. The van der Waals surface area contributed by atoms with Crippen molar-refractivity contribution in [3.8, 4) is 0 Å². The zero-order chi connectivity index (χ0) is 13.9. The van der Waals surface area contributed by atoms with Crippen LogP contribution in [0.25, 0.3) is 0 Å². The number of rotatable bonds is 7. The number of benzene rings is 1. The summed E-state index contributed by atoms with van der Waals surface area (Å²) in [5.74, 6) is 0.615. The Bertz CT molecular complexity index is 465. The maximum absolute atomic E-state index is 11.6. The van der Waals surface area contributed by atoms with E-state index in [1.807, 2.05) is 19.1 Å². The van der Waals surface area contributed by atoms with Gasteiger partial charge in [0.25, 0.3) is 0 Å². The van der Waals surface area contributed by atoms with Crippen molar-refractivity contribution in [1.82, 2.24) is 5.32 Å². The first-order chi connectivity index (χ1) is 8.99. The van der Waals surface area contributed by atoms with E-state index in [1.54, 1.807) is 11.8 Å². The SMILES string of the molecule is CC(CCSc1cccc(Br)c1)(NC1CC1)C(N)=O. The van der Waals surface area contributed by atoms with Gasteiger partial charge in [-0.3, -0.25) is 4.79 Å². The highest BCUT2D eigenvalue weighted by molar-refractivity contribution is 9.10. The molecule has 1 aliphatic carbocycles. The number of hydrogen-bond acceptors (Lipinski definition) is 3. The molecule has 1 aromatic rings. The van der Waals surface area contributed by atoms with Crippen molar-refractivity contribution in [2.45, 2.75) is 42.7 Å². The van der Waals surface area contributed by atoms with Gasteiger partial charge in [-0.1, -0.05) is 22.0 Å². The average Bonchev–Trinajstić information content (AvgIpc) is 3.12. The summed E-state index contributed by atoms with van der Waals surface area (Å²) in [6.07, 6.45) is 3.05. The molecule has 2 rings (SSSR count). The lowest BCUT2D eigenvalue weighted by atomic mass is 9.98. The van der Waals surface area contributed by atoms with E-state index in [9.17, 15) is 4.79 Å². The molecule has 1 fully saturated rings. The van der Waals surface area contributed by atoms with Crippen LogP contribution in [0.2, 0.25) is 0 Å². The Labute approximate surface area is 126 Å². The van der Waals surface area contributed by atoms with Crippen LogP contribution in [-0.4, -0.2) is 23.2 Å². The second-order valence-corrected chi connectivity index (χ2v) is 7.25. The lowest BCUT2D eigenvalue weighted by Crippen LogP contribution is -2.54. The Morgan fingerprint density at radius 1 is 1.58 bits per heavy atom.